The van der Waals surface area contributed by atoms with E-state index in [1.807, 2.05) is 0 Å². The van der Waals surface area contributed by atoms with Gasteiger partial charge in [0.25, 0.3) is 0 Å². The maximum atomic E-state index is 8.47. The predicted molar refractivity (Wildman–Crippen MR) is 42.5 cm³/mol. The second kappa shape index (κ2) is 2.55. The van der Waals surface area contributed by atoms with Crippen molar-refractivity contribution in [2.24, 2.45) is 17.3 Å². The fourth-order valence-corrected chi connectivity index (χ4v) is 1.82. The summed E-state index contributed by atoms with van der Waals surface area (Å²) in [5, 5.41) is 8.47. The Hall–Kier alpha value is -1.02. The van der Waals surface area contributed by atoms with Crippen molar-refractivity contribution in [3.8, 4) is 6.07 Å². The Morgan fingerprint density at radius 2 is 2.18 bits per heavy atom. The molecule has 2 heteroatoms. The van der Waals surface area contributed by atoms with Gasteiger partial charge in [-0.2, -0.15) is 5.26 Å². The lowest BCUT2D eigenvalue weighted by molar-refractivity contribution is 0.546. The second-order valence-electron chi connectivity index (χ2n) is 3.74. The van der Waals surface area contributed by atoms with E-state index in [0.717, 1.165) is 0 Å². The molecule has 1 rings (SSSR count). The Kier molecular flexibility index (Phi) is 1.87. The molecule has 0 aromatic heterocycles. The summed E-state index contributed by atoms with van der Waals surface area (Å²) in [4.78, 5) is 3.37. The van der Waals surface area contributed by atoms with Crippen molar-refractivity contribution < 1.29 is 0 Å². The van der Waals surface area contributed by atoms with Gasteiger partial charge in [0, 0.05) is 12.3 Å². The van der Waals surface area contributed by atoms with Gasteiger partial charge >= 0.3 is 0 Å². The van der Waals surface area contributed by atoms with Crippen molar-refractivity contribution in [3.63, 3.8) is 0 Å². The van der Waals surface area contributed by atoms with Gasteiger partial charge in [-0.05, 0) is 11.3 Å². The van der Waals surface area contributed by atoms with E-state index in [1.54, 1.807) is 0 Å². The lowest BCUT2D eigenvalue weighted by atomic mass is 10.1. The zero-order chi connectivity index (χ0) is 8.48. The molecule has 58 valence electrons. The molecule has 0 bridgehead atoms. The molecule has 0 aromatic rings. The molecule has 2 nitrogen and oxygen atoms in total. The first-order valence-corrected chi connectivity index (χ1v) is 3.84. The zero-order valence-corrected chi connectivity index (χ0v) is 6.96. The van der Waals surface area contributed by atoms with Crippen LogP contribution >= 0.6 is 0 Å². The lowest BCUT2D eigenvalue weighted by Crippen LogP contribution is -1.91. The van der Waals surface area contributed by atoms with Crippen LogP contribution in [0.3, 0.4) is 0 Å². The van der Waals surface area contributed by atoms with Crippen LogP contribution in [0.2, 0.25) is 0 Å². The van der Waals surface area contributed by atoms with Gasteiger partial charge < -0.3 is 4.85 Å². The second-order valence-corrected chi connectivity index (χ2v) is 3.74. The van der Waals surface area contributed by atoms with Crippen molar-refractivity contribution in [3.05, 3.63) is 11.4 Å². The Morgan fingerprint density at radius 3 is 2.64 bits per heavy atom. The van der Waals surface area contributed by atoms with Gasteiger partial charge in [-0.3, -0.25) is 0 Å². The Balaban J connectivity index is 2.49. The van der Waals surface area contributed by atoms with Crippen LogP contribution < -0.4 is 0 Å². The highest BCUT2D eigenvalue weighted by molar-refractivity contribution is 5.09. The number of nitrogens with zero attached hydrogens (tertiary/aromatic N) is 2. The summed E-state index contributed by atoms with van der Waals surface area (Å²) < 4.78 is 0. The first kappa shape index (κ1) is 8.08. The molecule has 1 aliphatic carbocycles. The minimum absolute atomic E-state index is 0.250. The van der Waals surface area contributed by atoms with Crippen LogP contribution in [0.1, 0.15) is 20.3 Å². The first-order chi connectivity index (χ1) is 5.14. The van der Waals surface area contributed by atoms with Crippen molar-refractivity contribution in [2.45, 2.75) is 20.3 Å². The largest absolute Gasteiger partial charge is 0.317 e. The fourth-order valence-electron chi connectivity index (χ4n) is 1.82. The van der Waals surface area contributed by atoms with E-state index in [2.05, 4.69) is 24.8 Å². The monoisotopic (exact) mass is 148 g/mol. The number of hydrogen-bond donors (Lipinski definition) is 0. The molecular weight excluding hydrogens is 136 g/mol. The smallest absolute Gasteiger partial charge is 0.218 e. The maximum absolute atomic E-state index is 8.47. The van der Waals surface area contributed by atoms with Gasteiger partial charge in [0.2, 0.25) is 6.54 Å². The van der Waals surface area contributed by atoms with Crippen LogP contribution in [-0.2, 0) is 0 Å². The summed E-state index contributed by atoms with van der Waals surface area (Å²) in [5.74, 6) is 0.946. The molecule has 1 aliphatic rings. The fraction of sp³-hybridized carbons (Fsp3) is 0.778. The summed E-state index contributed by atoms with van der Waals surface area (Å²) in [6, 6.07) is 2.17. The number of rotatable bonds is 2. The van der Waals surface area contributed by atoms with E-state index in [0.29, 0.717) is 24.8 Å². The minimum atomic E-state index is 0.250. The molecule has 0 radical (unpaired) electrons. The Labute approximate surface area is 67.6 Å². The first-order valence-electron chi connectivity index (χ1n) is 3.84. The lowest BCUT2D eigenvalue weighted by Gasteiger charge is -1.95. The highest BCUT2D eigenvalue weighted by atomic mass is 14.7. The number of nitriles is 1. The van der Waals surface area contributed by atoms with Crippen molar-refractivity contribution >= 4 is 0 Å². The topological polar surface area (TPSA) is 28.1 Å². The normalized spacial score (nSPS) is 32.0. The standard InChI is InChI=1S/C9H12N2/c1-9(2)7(4-5-10)8(9)6-11-3/h7-8H,4,6H2,1-2H3/t7-,8+/m0/s1. The average molecular weight is 148 g/mol. The molecular formula is C9H12N2. The molecule has 1 fully saturated rings. The van der Waals surface area contributed by atoms with E-state index < -0.39 is 0 Å². The molecule has 11 heavy (non-hydrogen) atoms. The molecule has 0 aromatic carbocycles. The molecule has 2 atom stereocenters. The van der Waals surface area contributed by atoms with Crippen molar-refractivity contribution in [1.29, 1.82) is 5.26 Å². The van der Waals surface area contributed by atoms with E-state index in [4.69, 9.17) is 11.8 Å². The van der Waals surface area contributed by atoms with Gasteiger partial charge in [-0.15, -0.1) is 0 Å². The van der Waals surface area contributed by atoms with E-state index in [1.165, 1.54) is 0 Å². The van der Waals surface area contributed by atoms with Gasteiger partial charge in [-0.1, -0.05) is 13.8 Å². The minimum Gasteiger partial charge on any atom is -0.317 e. The van der Waals surface area contributed by atoms with Crippen molar-refractivity contribution in [2.75, 3.05) is 6.54 Å². The highest BCUT2D eigenvalue weighted by Gasteiger charge is 2.59. The van der Waals surface area contributed by atoms with Gasteiger partial charge in [0.1, 0.15) is 0 Å². The highest BCUT2D eigenvalue weighted by Crippen LogP contribution is 2.59. The molecule has 0 heterocycles. The van der Waals surface area contributed by atoms with Crippen LogP contribution in [0.25, 0.3) is 4.85 Å². The van der Waals surface area contributed by atoms with Gasteiger partial charge in [-0.25, -0.2) is 6.57 Å². The van der Waals surface area contributed by atoms with Gasteiger partial charge in [0.05, 0.1) is 6.07 Å². The van der Waals surface area contributed by atoms with Crippen LogP contribution in [0.15, 0.2) is 0 Å². The summed E-state index contributed by atoms with van der Waals surface area (Å²) in [6.07, 6.45) is 0.618. The molecule has 0 spiro atoms. The molecule has 1 saturated carbocycles. The Morgan fingerprint density at radius 1 is 1.55 bits per heavy atom. The third kappa shape index (κ3) is 1.21. The summed E-state index contributed by atoms with van der Waals surface area (Å²) in [6.45, 7) is 11.6. The van der Waals surface area contributed by atoms with Gasteiger partial charge in [0.15, 0.2) is 0 Å². The predicted octanol–water partition coefficient (Wildman–Crippen LogP) is 2.09. The molecule has 0 N–H and O–H groups in total. The van der Waals surface area contributed by atoms with E-state index in [9.17, 15) is 0 Å². The Bertz CT molecular complexity index is 205. The van der Waals surface area contributed by atoms with E-state index in [-0.39, 0.29) is 5.41 Å². The third-order valence-corrected chi connectivity index (χ3v) is 2.89. The maximum Gasteiger partial charge on any atom is 0.218 e. The average Bonchev–Trinajstić information content (AvgIpc) is 2.41. The third-order valence-electron chi connectivity index (χ3n) is 2.89. The van der Waals surface area contributed by atoms with Crippen LogP contribution in [0.5, 0.6) is 0 Å². The summed E-state index contributed by atoms with van der Waals surface area (Å²) in [5.41, 5.74) is 0.250. The van der Waals surface area contributed by atoms with Crippen LogP contribution in [-0.4, -0.2) is 6.54 Å². The molecule has 0 amide bonds. The quantitative estimate of drug-likeness (QED) is 0.551. The summed E-state index contributed by atoms with van der Waals surface area (Å²) in [7, 11) is 0. The van der Waals surface area contributed by atoms with Crippen molar-refractivity contribution in [1.82, 2.24) is 0 Å². The van der Waals surface area contributed by atoms with Crippen LogP contribution in [0, 0.1) is 35.2 Å². The van der Waals surface area contributed by atoms with E-state index >= 15 is 0 Å². The summed E-state index contributed by atoms with van der Waals surface area (Å²) >= 11 is 0. The zero-order valence-electron chi connectivity index (χ0n) is 6.96. The SMILES string of the molecule is [C-]#[N+]C[C@@H]1[C@H](CC#N)C1(C)C. The molecule has 0 unspecified atom stereocenters. The van der Waals surface area contributed by atoms with Crippen LogP contribution in [0.4, 0.5) is 0 Å². The number of hydrogen-bond acceptors (Lipinski definition) is 1. The molecule has 0 aliphatic heterocycles. The molecule has 0 saturated heterocycles.